The lowest BCUT2D eigenvalue weighted by Gasteiger charge is -2.22. The zero-order valence-corrected chi connectivity index (χ0v) is 11.9. The topological polar surface area (TPSA) is 32.7 Å². The summed E-state index contributed by atoms with van der Waals surface area (Å²) in [5.74, 6) is 1.43. The summed E-state index contributed by atoms with van der Waals surface area (Å²) in [6, 6.07) is 6.39. The lowest BCUT2D eigenvalue weighted by molar-refractivity contribution is 0.285. The average Bonchev–Trinajstić information content (AvgIpc) is 2.38. The standard InChI is InChI=1S/C15H25NO2/c1-12(2)13-7-8-14(15(11-13)18-4)16(3)9-5-6-10-17/h7-8,11-12,17H,5-6,9-10H2,1-4H3. The fraction of sp³-hybridized carbons (Fsp3) is 0.600. The number of methoxy groups -OCH3 is 1. The van der Waals surface area contributed by atoms with E-state index in [0.29, 0.717) is 5.92 Å². The highest BCUT2D eigenvalue weighted by molar-refractivity contribution is 5.59. The van der Waals surface area contributed by atoms with Crippen LogP contribution < -0.4 is 9.64 Å². The lowest BCUT2D eigenvalue weighted by atomic mass is 10.0. The van der Waals surface area contributed by atoms with Gasteiger partial charge in [-0.05, 0) is 36.5 Å². The zero-order chi connectivity index (χ0) is 13.5. The molecule has 3 heteroatoms. The molecule has 18 heavy (non-hydrogen) atoms. The predicted molar refractivity (Wildman–Crippen MR) is 76.7 cm³/mol. The van der Waals surface area contributed by atoms with Crippen molar-refractivity contribution in [3.05, 3.63) is 23.8 Å². The third-order valence-electron chi connectivity index (χ3n) is 3.18. The molecule has 0 bridgehead atoms. The maximum Gasteiger partial charge on any atom is 0.142 e. The van der Waals surface area contributed by atoms with E-state index < -0.39 is 0 Å². The van der Waals surface area contributed by atoms with Gasteiger partial charge in [0.05, 0.1) is 12.8 Å². The molecule has 1 aromatic rings. The number of unbranched alkanes of at least 4 members (excludes halogenated alkanes) is 1. The minimum atomic E-state index is 0.261. The summed E-state index contributed by atoms with van der Waals surface area (Å²) >= 11 is 0. The highest BCUT2D eigenvalue weighted by Crippen LogP contribution is 2.31. The summed E-state index contributed by atoms with van der Waals surface area (Å²) in [6.07, 6.45) is 1.83. The third kappa shape index (κ3) is 3.91. The maximum atomic E-state index is 8.80. The number of aliphatic hydroxyl groups excluding tert-OH is 1. The van der Waals surface area contributed by atoms with Gasteiger partial charge in [-0.2, -0.15) is 0 Å². The molecule has 1 aromatic carbocycles. The van der Waals surface area contributed by atoms with Crippen molar-refractivity contribution in [2.75, 3.05) is 32.2 Å². The van der Waals surface area contributed by atoms with Gasteiger partial charge in [-0.3, -0.25) is 0 Å². The number of aliphatic hydroxyl groups is 1. The first-order valence-corrected chi connectivity index (χ1v) is 6.60. The van der Waals surface area contributed by atoms with E-state index in [9.17, 15) is 0 Å². The summed E-state index contributed by atoms with van der Waals surface area (Å²) in [6.45, 7) is 5.55. The Balaban J connectivity index is 2.81. The van der Waals surface area contributed by atoms with Crippen LogP contribution in [0.25, 0.3) is 0 Å². The molecule has 0 spiro atoms. The minimum Gasteiger partial charge on any atom is -0.495 e. The minimum absolute atomic E-state index is 0.261. The number of nitrogens with zero attached hydrogens (tertiary/aromatic N) is 1. The molecule has 0 unspecified atom stereocenters. The van der Waals surface area contributed by atoms with Gasteiger partial charge in [0.15, 0.2) is 0 Å². The van der Waals surface area contributed by atoms with Gasteiger partial charge in [0.1, 0.15) is 5.75 Å². The van der Waals surface area contributed by atoms with Crippen molar-refractivity contribution in [1.82, 2.24) is 0 Å². The van der Waals surface area contributed by atoms with E-state index in [4.69, 9.17) is 9.84 Å². The molecule has 0 heterocycles. The highest BCUT2D eigenvalue weighted by Gasteiger charge is 2.10. The van der Waals surface area contributed by atoms with E-state index >= 15 is 0 Å². The molecule has 1 rings (SSSR count). The molecule has 0 saturated carbocycles. The predicted octanol–water partition coefficient (Wildman–Crippen LogP) is 3.03. The second kappa shape index (κ2) is 7.27. The van der Waals surface area contributed by atoms with Gasteiger partial charge in [0, 0.05) is 20.2 Å². The summed E-state index contributed by atoms with van der Waals surface area (Å²) in [5.41, 5.74) is 2.40. The van der Waals surface area contributed by atoms with Crippen LogP contribution in [0.15, 0.2) is 18.2 Å². The molecule has 1 N–H and O–H groups in total. The first kappa shape index (κ1) is 14.8. The largest absolute Gasteiger partial charge is 0.495 e. The molecular weight excluding hydrogens is 226 g/mol. The Morgan fingerprint density at radius 3 is 2.56 bits per heavy atom. The van der Waals surface area contributed by atoms with Crippen molar-refractivity contribution in [3.8, 4) is 5.75 Å². The van der Waals surface area contributed by atoms with Crippen molar-refractivity contribution < 1.29 is 9.84 Å². The van der Waals surface area contributed by atoms with E-state index in [1.807, 2.05) is 0 Å². The molecule has 0 aliphatic rings. The fourth-order valence-corrected chi connectivity index (χ4v) is 1.95. The van der Waals surface area contributed by atoms with Crippen LogP contribution in [0.4, 0.5) is 5.69 Å². The molecular formula is C15H25NO2. The second-order valence-corrected chi connectivity index (χ2v) is 4.94. The van der Waals surface area contributed by atoms with Crippen molar-refractivity contribution in [2.45, 2.75) is 32.6 Å². The smallest absolute Gasteiger partial charge is 0.142 e. The molecule has 0 radical (unpaired) electrons. The van der Waals surface area contributed by atoms with Crippen LogP contribution in [-0.4, -0.2) is 32.4 Å². The maximum absolute atomic E-state index is 8.80. The number of ether oxygens (including phenoxy) is 1. The second-order valence-electron chi connectivity index (χ2n) is 4.94. The van der Waals surface area contributed by atoms with Crippen molar-refractivity contribution >= 4 is 5.69 Å². The summed E-state index contributed by atoms with van der Waals surface area (Å²) in [5, 5.41) is 8.80. The summed E-state index contributed by atoms with van der Waals surface area (Å²) in [7, 11) is 3.77. The third-order valence-corrected chi connectivity index (χ3v) is 3.18. The number of hydrogen-bond acceptors (Lipinski definition) is 3. The Morgan fingerprint density at radius 1 is 1.28 bits per heavy atom. The first-order chi connectivity index (χ1) is 8.60. The van der Waals surface area contributed by atoms with Crippen LogP contribution in [0.5, 0.6) is 5.75 Å². The number of anilines is 1. The molecule has 0 aromatic heterocycles. The summed E-state index contributed by atoms with van der Waals surface area (Å²) < 4.78 is 5.47. The number of hydrogen-bond donors (Lipinski definition) is 1. The van der Waals surface area contributed by atoms with Crippen LogP contribution in [0.3, 0.4) is 0 Å². The lowest BCUT2D eigenvalue weighted by Crippen LogP contribution is -2.19. The van der Waals surface area contributed by atoms with E-state index in [1.54, 1.807) is 7.11 Å². The van der Waals surface area contributed by atoms with Crippen LogP contribution in [0.2, 0.25) is 0 Å². The van der Waals surface area contributed by atoms with Gasteiger partial charge < -0.3 is 14.7 Å². The molecule has 0 aliphatic heterocycles. The molecule has 0 aliphatic carbocycles. The SMILES string of the molecule is COc1cc(C(C)C)ccc1N(C)CCCCO. The Hall–Kier alpha value is -1.22. The van der Waals surface area contributed by atoms with Gasteiger partial charge in [-0.25, -0.2) is 0 Å². The first-order valence-electron chi connectivity index (χ1n) is 6.60. The van der Waals surface area contributed by atoms with Gasteiger partial charge in [0.2, 0.25) is 0 Å². The van der Waals surface area contributed by atoms with Gasteiger partial charge in [-0.15, -0.1) is 0 Å². The molecule has 0 saturated heterocycles. The van der Waals surface area contributed by atoms with E-state index in [2.05, 4.69) is 44.0 Å². The van der Waals surface area contributed by atoms with Crippen LogP contribution >= 0.6 is 0 Å². The van der Waals surface area contributed by atoms with Crippen molar-refractivity contribution in [1.29, 1.82) is 0 Å². The molecule has 0 fully saturated rings. The van der Waals surface area contributed by atoms with Crippen molar-refractivity contribution in [3.63, 3.8) is 0 Å². The monoisotopic (exact) mass is 251 g/mol. The Bertz CT molecular complexity index is 364. The number of rotatable bonds is 7. The van der Waals surface area contributed by atoms with E-state index in [1.165, 1.54) is 5.56 Å². The van der Waals surface area contributed by atoms with Crippen molar-refractivity contribution in [2.24, 2.45) is 0 Å². The van der Waals surface area contributed by atoms with E-state index in [0.717, 1.165) is 30.8 Å². The quantitative estimate of drug-likeness (QED) is 0.756. The fourth-order valence-electron chi connectivity index (χ4n) is 1.95. The zero-order valence-electron chi connectivity index (χ0n) is 11.9. The van der Waals surface area contributed by atoms with E-state index in [-0.39, 0.29) is 6.61 Å². The molecule has 102 valence electrons. The Morgan fingerprint density at radius 2 is 2.00 bits per heavy atom. The highest BCUT2D eigenvalue weighted by atomic mass is 16.5. The van der Waals surface area contributed by atoms with Gasteiger partial charge in [0.25, 0.3) is 0 Å². The Kier molecular flexibility index (Phi) is 5.99. The van der Waals surface area contributed by atoms with Gasteiger partial charge in [-0.1, -0.05) is 19.9 Å². The Labute approximate surface area is 110 Å². The number of benzene rings is 1. The molecule has 0 amide bonds. The van der Waals surface area contributed by atoms with Crippen LogP contribution in [-0.2, 0) is 0 Å². The normalized spacial score (nSPS) is 10.8. The van der Waals surface area contributed by atoms with Gasteiger partial charge >= 0.3 is 0 Å². The van der Waals surface area contributed by atoms with Crippen LogP contribution in [0, 0.1) is 0 Å². The summed E-state index contributed by atoms with van der Waals surface area (Å²) in [4.78, 5) is 2.18. The van der Waals surface area contributed by atoms with Crippen LogP contribution in [0.1, 0.15) is 38.2 Å². The molecule has 0 atom stereocenters. The average molecular weight is 251 g/mol. The molecule has 3 nitrogen and oxygen atoms in total.